The Morgan fingerprint density at radius 3 is 1.44 bits per heavy atom. The number of nitrogens with zero attached hydrogens (tertiary/aromatic N) is 8. The molecule has 0 fully saturated rings. The Kier molecular flexibility index (Phi) is 50.1. The van der Waals surface area contributed by atoms with Crippen molar-refractivity contribution in [2.24, 2.45) is 4.30 Å². The zero-order chi connectivity index (χ0) is 52.3. The van der Waals surface area contributed by atoms with Crippen LogP contribution >= 0.6 is 84.3 Å². The van der Waals surface area contributed by atoms with E-state index in [1.807, 2.05) is 41.8 Å². The molecule has 0 aliphatic heterocycles. The molecule has 2 atom stereocenters. The van der Waals surface area contributed by atoms with Gasteiger partial charge in [-0.15, -0.1) is 0 Å². The number of alkyl halides is 1. The van der Waals surface area contributed by atoms with E-state index in [0.29, 0.717) is 51.6 Å². The van der Waals surface area contributed by atoms with Gasteiger partial charge in [0.15, 0.2) is 8.07 Å². The van der Waals surface area contributed by atoms with E-state index in [2.05, 4.69) is 91.3 Å². The molecule has 70 heavy (non-hydrogen) atoms. The molecule has 17 nitrogen and oxygen atoms in total. The van der Waals surface area contributed by atoms with Gasteiger partial charge in [-0.05, 0) is 54.3 Å². The van der Waals surface area contributed by atoms with E-state index in [1.54, 1.807) is 13.1 Å². The smallest absolute Gasteiger partial charge is 1.00 e. The zero-order valence-electron chi connectivity index (χ0n) is 40.0. The number of esters is 4. The van der Waals surface area contributed by atoms with Gasteiger partial charge in [-0.3, -0.25) is 0 Å². The predicted molar refractivity (Wildman–Crippen MR) is 278 cm³/mol. The van der Waals surface area contributed by atoms with E-state index in [1.165, 1.54) is 71.3 Å². The van der Waals surface area contributed by atoms with Crippen LogP contribution in [0.3, 0.4) is 0 Å². The van der Waals surface area contributed by atoms with Gasteiger partial charge in [0.05, 0.1) is 75.2 Å². The fraction of sp³-hybridized carbons (Fsp3) is 0.341. The number of aromatic nitrogens is 4. The van der Waals surface area contributed by atoms with Crippen LogP contribution in [0.1, 0.15) is 91.8 Å². The number of methoxy groups -OCH3 is 4. The molecule has 373 valence electrons. The Morgan fingerprint density at radius 2 is 1.10 bits per heavy atom. The van der Waals surface area contributed by atoms with Crippen molar-refractivity contribution >= 4 is 131 Å². The molecule has 0 bridgehead atoms. The van der Waals surface area contributed by atoms with Crippen LogP contribution in [0.25, 0.3) is 0 Å². The maximum Gasteiger partial charge on any atom is 1.00 e. The molecule has 4 rings (SSSR count). The van der Waals surface area contributed by atoms with Crippen molar-refractivity contribution in [3.63, 3.8) is 0 Å². The SMILES string of the molecule is C.CCC(C#N)c1cnc(Cl)cc1C(=O)OC.COC(=O)c1cc(Cl)ncc1C.COC(=O)c1cc(Cl)ncc1CBr.COC(=O)c1cc(Cl)ncc1CC#N.C[Si](C)(C)C#N.O=BP.[B]=NS.[F-].[H-].[Na+]. The zero-order valence-corrected chi connectivity index (χ0v) is 48.7. The van der Waals surface area contributed by atoms with Gasteiger partial charge in [-0.1, -0.05) is 96.3 Å². The van der Waals surface area contributed by atoms with E-state index in [0.717, 1.165) is 11.1 Å². The third-order valence-corrected chi connectivity index (χ3v) is 9.29. The number of pyridine rings is 4. The van der Waals surface area contributed by atoms with Crippen LogP contribution in [0.15, 0.2) is 53.4 Å². The average molecular weight is 1180 g/mol. The Labute approximate surface area is 470 Å². The molecule has 2 unspecified atom stereocenters. The molecule has 0 saturated carbocycles. The second-order valence-electron chi connectivity index (χ2n) is 12.9. The van der Waals surface area contributed by atoms with Gasteiger partial charge in [0, 0.05) is 41.4 Å². The average Bonchev–Trinajstić information content (AvgIpc) is 3.31. The molecule has 0 aromatic carbocycles. The summed E-state index contributed by atoms with van der Waals surface area (Å²) in [5.74, 6) is -2.19. The van der Waals surface area contributed by atoms with Crippen LogP contribution in [0.4, 0.5) is 0 Å². The van der Waals surface area contributed by atoms with Crippen LogP contribution in [0.2, 0.25) is 40.3 Å². The second-order valence-corrected chi connectivity index (χ2v) is 20.2. The first-order valence-corrected chi connectivity index (χ1v) is 25.6. The largest absolute Gasteiger partial charge is 1.00 e. The molecule has 0 spiro atoms. The van der Waals surface area contributed by atoms with Gasteiger partial charge in [0.2, 0.25) is 0 Å². The normalized spacial score (nSPS) is 9.14. The Hall–Kier alpha value is -3.75. The minimum atomic E-state index is -1.33. The van der Waals surface area contributed by atoms with Crippen LogP contribution < -0.4 is 34.3 Å². The van der Waals surface area contributed by atoms with Crippen LogP contribution in [0, 0.1) is 40.5 Å². The number of carbonyl (C=O) groups is 4. The monoisotopic (exact) mass is 1170 g/mol. The molecule has 0 N–H and O–H groups in total. The summed E-state index contributed by atoms with van der Waals surface area (Å²) in [5.41, 5.74) is 6.32. The van der Waals surface area contributed by atoms with Crippen molar-refractivity contribution in [2.45, 2.75) is 65.0 Å². The Morgan fingerprint density at radius 1 is 0.786 bits per heavy atom. The van der Waals surface area contributed by atoms with Crippen molar-refractivity contribution in [3.05, 3.63) is 114 Å². The maximum atomic E-state index is 11.5. The molecule has 0 amide bonds. The molecule has 4 aromatic rings. The first kappa shape index (κ1) is 77.7. The molecule has 0 saturated heterocycles. The van der Waals surface area contributed by atoms with Gasteiger partial charge in [0.25, 0.3) is 0 Å². The summed E-state index contributed by atoms with van der Waals surface area (Å²) >= 11 is 29.0. The predicted octanol–water partition coefficient (Wildman–Crippen LogP) is 4.53. The number of ether oxygens (including phenoxy) is 4. The molecule has 29 heteroatoms. The molecular weight excluding hydrogens is 1120 g/mol. The van der Waals surface area contributed by atoms with Gasteiger partial charge >= 0.3 is 98.9 Å². The Balaban J connectivity index is -0.000000141. The van der Waals surface area contributed by atoms with E-state index in [4.69, 9.17) is 66.9 Å². The third-order valence-electron chi connectivity index (χ3n) is 7.19. The standard InChI is InChI=1S/C11H11ClN2O2.C9H7ClN2O2.C8H7BrClNO2.C8H8ClNO2.C4H9NSi.CH4.BHNS.BH2OP.FH.Na.H/c1-3-7(5-13)9-6-14-10(12)4-8(9)11(15)16-2;1-14-9(13)7-4-8(10)12-5-6(7)2-3-11;1-13-8(12)6-2-7(10)11-4-5(6)3-9;1-5-4-10-7(9)3-6(5)8(11)12-2;1-6(2,3)4-5;;1-2-3;2-1-3;;;/h4,6-7H,3H2,1-2H3;4-5H,2H2,1H3;2,4H,3H2,1H3;3-4H,1-2H3;1-3H3;1H4;3H;3H2;1H;;/q;;;;;;;;;+1;-1/p-1. The number of halogens is 6. The number of nitriles is 3. The fourth-order valence-corrected chi connectivity index (χ4v) is 5.14. The van der Waals surface area contributed by atoms with E-state index >= 15 is 0 Å². The Bertz CT molecular complexity index is 2410. The molecular formula is C41H50B2BrCl4FN8NaO9PSSi-. The van der Waals surface area contributed by atoms with E-state index in [9.17, 15) is 19.2 Å². The van der Waals surface area contributed by atoms with Crippen molar-refractivity contribution < 1.29 is 78.5 Å². The van der Waals surface area contributed by atoms with E-state index in [-0.39, 0.29) is 76.5 Å². The summed E-state index contributed by atoms with van der Waals surface area (Å²) in [4.78, 5) is 60.4. The minimum absolute atomic E-state index is 0. The molecule has 1 radical (unpaired) electrons. The molecule has 4 heterocycles. The summed E-state index contributed by atoms with van der Waals surface area (Å²) < 4.78 is 29.8. The van der Waals surface area contributed by atoms with Crippen molar-refractivity contribution in [1.82, 2.24) is 19.9 Å². The summed E-state index contributed by atoms with van der Waals surface area (Å²) in [5, 5.41) is 27.2. The van der Waals surface area contributed by atoms with Gasteiger partial charge in [-0.2, -0.15) is 10.5 Å². The third kappa shape index (κ3) is 33.0. The number of rotatable bonds is 8. The van der Waals surface area contributed by atoms with Gasteiger partial charge < -0.3 is 25.1 Å². The maximum absolute atomic E-state index is 11.5. The quantitative estimate of drug-likeness (QED) is 0.0484. The summed E-state index contributed by atoms with van der Waals surface area (Å²) in [7, 11) is 10.1. The van der Waals surface area contributed by atoms with Crippen molar-refractivity contribution in [2.75, 3.05) is 28.4 Å². The van der Waals surface area contributed by atoms with Crippen LogP contribution in [-0.2, 0) is 35.4 Å². The van der Waals surface area contributed by atoms with Crippen LogP contribution in [-0.4, -0.2) is 94.8 Å². The molecule has 0 aliphatic rings. The summed E-state index contributed by atoms with van der Waals surface area (Å²) in [6.45, 7) is 10.4. The molecule has 4 aromatic heterocycles. The van der Waals surface area contributed by atoms with Crippen molar-refractivity contribution in [1.29, 1.82) is 15.8 Å². The first-order valence-electron chi connectivity index (χ1n) is 18.4. The van der Waals surface area contributed by atoms with Gasteiger partial charge in [0.1, 0.15) is 20.6 Å². The number of aryl methyl sites for hydroxylation is 1. The summed E-state index contributed by atoms with van der Waals surface area (Å²) in [6.07, 6.45) is 6.64. The number of carbonyl (C=O) groups excluding carboxylic acids is 4. The number of thiol groups is 1. The van der Waals surface area contributed by atoms with Gasteiger partial charge in [-0.25, -0.2) is 44.4 Å². The number of hydrogen-bond donors (Lipinski definition) is 1. The second kappa shape index (κ2) is 45.1. The van der Waals surface area contributed by atoms with E-state index < -0.39 is 32.0 Å². The van der Waals surface area contributed by atoms with Crippen molar-refractivity contribution in [3.8, 4) is 17.8 Å². The molecule has 0 aliphatic carbocycles. The minimum Gasteiger partial charge on any atom is -1.00 e. The topological polar surface area (TPSA) is 258 Å². The first-order chi connectivity index (χ1) is 31.5. The number of hydrogen-bond acceptors (Lipinski definition) is 18. The fourth-order valence-electron chi connectivity index (χ4n) is 4.06. The summed E-state index contributed by atoms with van der Waals surface area (Å²) in [6, 6.07) is 9.84. The van der Waals surface area contributed by atoms with Crippen LogP contribution in [0.5, 0.6) is 0 Å².